The van der Waals surface area contributed by atoms with Gasteiger partial charge in [0.2, 0.25) is 0 Å². The Labute approximate surface area is 201 Å². The van der Waals surface area contributed by atoms with Crippen molar-refractivity contribution in [2.75, 3.05) is 23.2 Å². The lowest BCUT2D eigenvalue weighted by Gasteiger charge is -2.13. The minimum Gasteiger partial charge on any atom is -0.495 e. The van der Waals surface area contributed by atoms with Crippen molar-refractivity contribution in [1.29, 1.82) is 0 Å². The fraction of sp³-hybridized carbons (Fsp3) is 0.0417. The first-order valence-corrected chi connectivity index (χ1v) is 10.8. The van der Waals surface area contributed by atoms with Crippen molar-refractivity contribution in [3.05, 3.63) is 88.8 Å². The van der Waals surface area contributed by atoms with E-state index in [0.29, 0.717) is 28.0 Å². The summed E-state index contributed by atoms with van der Waals surface area (Å²) in [5.41, 5.74) is 3.72. The second-order valence-electron chi connectivity index (χ2n) is 7.12. The Kier molecular flexibility index (Phi) is 6.60. The number of carbonyl (C=O) groups excluding carboxylic acids is 3. The topological polar surface area (TPSA) is 101 Å². The summed E-state index contributed by atoms with van der Waals surface area (Å²) >= 11 is 3.38. The first kappa shape index (κ1) is 23.0. The van der Waals surface area contributed by atoms with E-state index < -0.39 is 23.5 Å². The molecule has 4 rings (SSSR count). The molecule has 0 aliphatic heterocycles. The first-order valence-electron chi connectivity index (χ1n) is 9.99. The number of nitrogens with one attached hydrogen (secondary N) is 3. The third-order valence-electron chi connectivity index (χ3n) is 4.87. The lowest BCUT2D eigenvalue weighted by molar-refractivity contribution is -0.133. The van der Waals surface area contributed by atoms with Gasteiger partial charge in [0.05, 0.1) is 18.3 Å². The molecular formula is C24H18BrFN4O4. The number of anilines is 2. The van der Waals surface area contributed by atoms with Crippen LogP contribution in [0.4, 0.5) is 15.8 Å². The number of benzene rings is 3. The van der Waals surface area contributed by atoms with Crippen LogP contribution in [0, 0.1) is 5.82 Å². The Balaban J connectivity index is 1.62. The van der Waals surface area contributed by atoms with Gasteiger partial charge in [-0.1, -0.05) is 28.1 Å². The summed E-state index contributed by atoms with van der Waals surface area (Å²) in [5.74, 6) is -2.57. The molecule has 0 aliphatic carbocycles. The number of amides is 3. The molecule has 0 atom stereocenters. The maximum atomic E-state index is 13.2. The first-order chi connectivity index (χ1) is 16.4. The second kappa shape index (κ2) is 9.75. The molecule has 172 valence electrons. The highest BCUT2D eigenvalue weighted by Crippen LogP contribution is 2.25. The Morgan fingerprint density at radius 2 is 1.65 bits per heavy atom. The standard InChI is InChI=1S/C24H18BrFN4O4/c1-34-21-5-3-2-4-18(21)28-23(32)24(33)29-30-19-11-6-15(25)12-14(19)13-20(30)22(31)27-17-9-7-16(26)8-10-17/h2-13H,1H3,(H,27,31)(H,28,32)(H,29,33). The molecule has 0 fully saturated rings. The second-order valence-corrected chi connectivity index (χ2v) is 8.04. The molecule has 0 bridgehead atoms. The monoisotopic (exact) mass is 524 g/mol. The molecule has 0 spiro atoms. The number of ether oxygens (including phenoxy) is 1. The molecule has 10 heteroatoms. The number of rotatable bonds is 5. The van der Waals surface area contributed by atoms with Crippen LogP contribution >= 0.6 is 15.9 Å². The van der Waals surface area contributed by atoms with Crippen LogP contribution in [0.2, 0.25) is 0 Å². The molecule has 0 unspecified atom stereocenters. The molecule has 0 radical (unpaired) electrons. The predicted molar refractivity (Wildman–Crippen MR) is 130 cm³/mol. The number of hydrogen-bond donors (Lipinski definition) is 3. The lowest BCUT2D eigenvalue weighted by Crippen LogP contribution is -2.36. The average Bonchev–Trinajstić information content (AvgIpc) is 3.18. The molecule has 1 heterocycles. The van der Waals surface area contributed by atoms with Gasteiger partial charge in [0.15, 0.2) is 0 Å². The zero-order valence-corrected chi connectivity index (χ0v) is 19.4. The number of nitrogens with zero attached hydrogens (tertiary/aromatic N) is 1. The van der Waals surface area contributed by atoms with Gasteiger partial charge in [-0.25, -0.2) is 9.07 Å². The van der Waals surface area contributed by atoms with Crippen LogP contribution < -0.4 is 20.8 Å². The number of para-hydroxylation sites is 2. The van der Waals surface area contributed by atoms with Crippen LogP contribution in [-0.2, 0) is 9.59 Å². The molecule has 0 aliphatic rings. The third-order valence-corrected chi connectivity index (χ3v) is 5.37. The van der Waals surface area contributed by atoms with Crippen molar-refractivity contribution >= 4 is 55.9 Å². The Hall–Kier alpha value is -4.18. The van der Waals surface area contributed by atoms with Crippen LogP contribution in [0.5, 0.6) is 5.75 Å². The molecule has 3 amide bonds. The van der Waals surface area contributed by atoms with Gasteiger partial charge in [-0.15, -0.1) is 0 Å². The van der Waals surface area contributed by atoms with Crippen LogP contribution in [0.15, 0.2) is 77.3 Å². The van der Waals surface area contributed by atoms with Gasteiger partial charge >= 0.3 is 11.8 Å². The van der Waals surface area contributed by atoms with Crippen molar-refractivity contribution in [2.24, 2.45) is 0 Å². The number of carbonyl (C=O) groups is 3. The Morgan fingerprint density at radius 3 is 2.38 bits per heavy atom. The van der Waals surface area contributed by atoms with Crippen LogP contribution in [0.3, 0.4) is 0 Å². The smallest absolute Gasteiger partial charge is 0.328 e. The summed E-state index contributed by atoms with van der Waals surface area (Å²) in [6.45, 7) is 0. The third kappa shape index (κ3) is 4.91. The summed E-state index contributed by atoms with van der Waals surface area (Å²) in [7, 11) is 1.45. The quantitative estimate of drug-likeness (QED) is 0.334. The molecule has 34 heavy (non-hydrogen) atoms. The fourth-order valence-corrected chi connectivity index (χ4v) is 3.66. The van der Waals surface area contributed by atoms with Crippen molar-refractivity contribution in [3.8, 4) is 5.75 Å². The van der Waals surface area contributed by atoms with E-state index in [-0.39, 0.29) is 5.69 Å². The van der Waals surface area contributed by atoms with Gasteiger partial charge in [-0.3, -0.25) is 19.8 Å². The van der Waals surface area contributed by atoms with Gasteiger partial charge in [0.1, 0.15) is 17.3 Å². The largest absolute Gasteiger partial charge is 0.495 e. The molecule has 3 aromatic carbocycles. The van der Waals surface area contributed by atoms with Crippen LogP contribution in [-0.4, -0.2) is 29.5 Å². The van der Waals surface area contributed by atoms with E-state index in [2.05, 4.69) is 32.0 Å². The highest BCUT2D eigenvalue weighted by atomic mass is 79.9. The number of aromatic nitrogens is 1. The van der Waals surface area contributed by atoms with E-state index in [0.717, 1.165) is 4.47 Å². The molecular weight excluding hydrogens is 507 g/mol. The van der Waals surface area contributed by atoms with Crippen LogP contribution in [0.25, 0.3) is 10.9 Å². The SMILES string of the molecule is COc1ccccc1NC(=O)C(=O)Nn1c(C(=O)Nc2ccc(F)cc2)cc2cc(Br)ccc21. The van der Waals surface area contributed by atoms with Crippen molar-refractivity contribution < 1.29 is 23.5 Å². The van der Waals surface area contributed by atoms with Gasteiger partial charge in [0, 0.05) is 15.5 Å². The van der Waals surface area contributed by atoms with Crippen molar-refractivity contribution in [1.82, 2.24) is 4.68 Å². The van der Waals surface area contributed by atoms with E-state index in [4.69, 9.17) is 4.74 Å². The lowest BCUT2D eigenvalue weighted by atomic mass is 10.2. The summed E-state index contributed by atoms with van der Waals surface area (Å²) in [4.78, 5) is 38.3. The molecule has 3 N–H and O–H groups in total. The van der Waals surface area contributed by atoms with Crippen LogP contribution in [0.1, 0.15) is 10.5 Å². The zero-order valence-electron chi connectivity index (χ0n) is 17.8. The van der Waals surface area contributed by atoms with Gasteiger partial charge in [-0.05, 0) is 60.7 Å². The summed E-state index contributed by atoms with van der Waals surface area (Å²) in [6, 6.07) is 18.7. The number of fused-ring (bicyclic) bond motifs is 1. The molecule has 8 nitrogen and oxygen atoms in total. The Bertz CT molecular complexity index is 1400. The number of halogens is 2. The van der Waals surface area contributed by atoms with E-state index in [1.807, 2.05) is 0 Å². The fourth-order valence-electron chi connectivity index (χ4n) is 3.28. The van der Waals surface area contributed by atoms with Crippen molar-refractivity contribution in [2.45, 2.75) is 0 Å². The maximum Gasteiger partial charge on any atom is 0.328 e. The van der Waals surface area contributed by atoms with E-state index in [1.165, 1.54) is 36.1 Å². The predicted octanol–water partition coefficient (Wildman–Crippen LogP) is 4.51. The van der Waals surface area contributed by atoms with E-state index >= 15 is 0 Å². The van der Waals surface area contributed by atoms with Gasteiger partial charge < -0.3 is 15.4 Å². The van der Waals surface area contributed by atoms with E-state index in [1.54, 1.807) is 48.5 Å². The van der Waals surface area contributed by atoms with Gasteiger partial charge in [0.25, 0.3) is 5.91 Å². The van der Waals surface area contributed by atoms with Gasteiger partial charge in [-0.2, -0.15) is 0 Å². The highest BCUT2D eigenvalue weighted by Gasteiger charge is 2.22. The molecule has 0 saturated heterocycles. The highest BCUT2D eigenvalue weighted by molar-refractivity contribution is 9.10. The summed E-state index contributed by atoms with van der Waals surface area (Å²) in [5, 5.41) is 5.79. The molecule has 1 aromatic heterocycles. The Morgan fingerprint density at radius 1 is 0.912 bits per heavy atom. The maximum absolute atomic E-state index is 13.2. The van der Waals surface area contributed by atoms with E-state index in [9.17, 15) is 18.8 Å². The number of hydrogen-bond acceptors (Lipinski definition) is 4. The zero-order chi connectivity index (χ0) is 24.2. The minimum absolute atomic E-state index is 0.0656. The minimum atomic E-state index is -0.998. The number of methoxy groups -OCH3 is 1. The summed E-state index contributed by atoms with van der Waals surface area (Å²) < 4.78 is 20.4. The molecule has 0 saturated carbocycles. The van der Waals surface area contributed by atoms with Crippen molar-refractivity contribution in [3.63, 3.8) is 0 Å². The molecule has 4 aromatic rings. The average molecular weight is 525 g/mol. The normalized spacial score (nSPS) is 10.6. The summed E-state index contributed by atoms with van der Waals surface area (Å²) in [6.07, 6.45) is 0.